The molecule has 0 aliphatic rings. The molecule has 1 amide bonds. The third-order valence-corrected chi connectivity index (χ3v) is 4.57. The van der Waals surface area contributed by atoms with Crippen molar-refractivity contribution in [2.75, 3.05) is 13.7 Å². The quantitative estimate of drug-likeness (QED) is 0.664. The van der Waals surface area contributed by atoms with Gasteiger partial charge >= 0.3 is 6.18 Å². The second kappa shape index (κ2) is 9.34. The van der Waals surface area contributed by atoms with E-state index in [4.69, 9.17) is 27.9 Å². The number of carbonyl (C=O) groups is 1. The minimum Gasteiger partial charge on any atom is -0.491 e. The van der Waals surface area contributed by atoms with Crippen LogP contribution in [0, 0.1) is 0 Å². The van der Waals surface area contributed by atoms with Crippen LogP contribution in [0.2, 0.25) is 10.0 Å². The number of pyridine rings is 1. The second-order valence-corrected chi connectivity index (χ2v) is 6.73. The molecule has 1 heterocycles. The van der Waals surface area contributed by atoms with Crippen LogP contribution < -0.4 is 15.6 Å². The minimum absolute atomic E-state index is 0.125. The summed E-state index contributed by atoms with van der Waals surface area (Å²) in [6, 6.07) is 6.35. The van der Waals surface area contributed by atoms with Crippen LogP contribution in [0.5, 0.6) is 5.75 Å². The van der Waals surface area contributed by atoms with E-state index in [1.54, 1.807) is 12.1 Å². The lowest BCUT2D eigenvalue weighted by molar-refractivity contribution is -0.141. The van der Waals surface area contributed by atoms with Crippen LogP contribution in [0.15, 0.2) is 35.3 Å². The molecule has 0 unspecified atom stereocenters. The standard InChI is InChI=1S/C18H17Cl2F3N2O3/c1-28-15-12(6-8-25(17(15)27)10-18(21,22)23)16(26)24-7-2-3-11-4-5-13(19)14(20)9-11/h4-6,8-9H,2-3,7,10H2,1H3,(H,24,26). The topological polar surface area (TPSA) is 60.3 Å². The summed E-state index contributed by atoms with van der Waals surface area (Å²) in [6.45, 7) is -1.18. The predicted octanol–water partition coefficient (Wildman–Crippen LogP) is 4.09. The fraction of sp³-hybridized carbons (Fsp3) is 0.333. The lowest BCUT2D eigenvalue weighted by atomic mass is 10.1. The van der Waals surface area contributed by atoms with Crippen molar-refractivity contribution in [2.24, 2.45) is 0 Å². The Labute approximate surface area is 169 Å². The Morgan fingerprint density at radius 2 is 1.93 bits per heavy atom. The number of nitrogens with one attached hydrogen (secondary N) is 1. The highest BCUT2D eigenvalue weighted by Crippen LogP contribution is 2.23. The number of nitrogens with zero attached hydrogens (tertiary/aromatic N) is 1. The van der Waals surface area contributed by atoms with E-state index in [-0.39, 0.29) is 12.1 Å². The van der Waals surface area contributed by atoms with Crippen molar-refractivity contribution in [3.8, 4) is 5.75 Å². The van der Waals surface area contributed by atoms with Gasteiger partial charge in [0.15, 0.2) is 5.75 Å². The molecule has 2 aromatic rings. The van der Waals surface area contributed by atoms with Crippen molar-refractivity contribution in [1.82, 2.24) is 9.88 Å². The van der Waals surface area contributed by atoms with Gasteiger partial charge < -0.3 is 14.6 Å². The average molecular weight is 437 g/mol. The zero-order chi connectivity index (χ0) is 20.9. The molecule has 0 atom stereocenters. The van der Waals surface area contributed by atoms with Gasteiger partial charge in [-0.05, 0) is 36.6 Å². The SMILES string of the molecule is COc1c(C(=O)NCCCc2ccc(Cl)c(Cl)c2)ccn(CC(F)(F)F)c1=O. The zero-order valence-corrected chi connectivity index (χ0v) is 16.3. The predicted molar refractivity (Wildman–Crippen MR) is 100 cm³/mol. The molecule has 5 nitrogen and oxygen atoms in total. The van der Waals surface area contributed by atoms with Crippen molar-refractivity contribution in [3.05, 3.63) is 62.0 Å². The number of halogens is 5. The number of rotatable bonds is 7. The van der Waals surface area contributed by atoms with E-state index in [9.17, 15) is 22.8 Å². The Morgan fingerprint density at radius 3 is 2.54 bits per heavy atom. The molecule has 0 saturated heterocycles. The molecule has 0 aliphatic carbocycles. The van der Waals surface area contributed by atoms with Crippen LogP contribution in [0.3, 0.4) is 0 Å². The number of benzene rings is 1. The lowest BCUT2D eigenvalue weighted by Gasteiger charge is -2.13. The Hall–Kier alpha value is -2.19. The molecule has 152 valence electrons. The molecular formula is C18H17Cl2F3N2O3. The number of aryl methyl sites for hydroxylation is 1. The number of amides is 1. The first-order valence-electron chi connectivity index (χ1n) is 8.18. The van der Waals surface area contributed by atoms with Crippen LogP contribution in [0.4, 0.5) is 13.2 Å². The van der Waals surface area contributed by atoms with Crippen LogP contribution in [0.25, 0.3) is 0 Å². The number of aromatic nitrogens is 1. The number of hydrogen-bond donors (Lipinski definition) is 1. The van der Waals surface area contributed by atoms with Gasteiger partial charge in [-0.3, -0.25) is 9.59 Å². The largest absolute Gasteiger partial charge is 0.491 e. The maximum atomic E-state index is 12.5. The number of methoxy groups -OCH3 is 1. The molecule has 0 bridgehead atoms. The highest BCUT2D eigenvalue weighted by molar-refractivity contribution is 6.42. The summed E-state index contributed by atoms with van der Waals surface area (Å²) in [5.41, 5.74) is -0.209. The molecular weight excluding hydrogens is 420 g/mol. The van der Waals surface area contributed by atoms with E-state index >= 15 is 0 Å². The summed E-state index contributed by atoms with van der Waals surface area (Å²) in [5, 5.41) is 3.50. The first-order chi connectivity index (χ1) is 13.1. The van der Waals surface area contributed by atoms with E-state index in [0.29, 0.717) is 27.5 Å². The number of hydrogen-bond acceptors (Lipinski definition) is 3. The minimum atomic E-state index is -4.57. The first-order valence-corrected chi connectivity index (χ1v) is 8.94. The van der Waals surface area contributed by atoms with E-state index in [2.05, 4.69) is 5.32 Å². The smallest absolute Gasteiger partial charge is 0.406 e. The van der Waals surface area contributed by atoms with Crippen LogP contribution in [-0.2, 0) is 13.0 Å². The van der Waals surface area contributed by atoms with E-state index in [0.717, 1.165) is 24.9 Å². The normalized spacial score (nSPS) is 11.4. The van der Waals surface area contributed by atoms with Gasteiger partial charge in [0.05, 0.1) is 22.7 Å². The van der Waals surface area contributed by atoms with Gasteiger partial charge in [0, 0.05) is 12.7 Å². The molecule has 1 aromatic carbocycles. The van der Waals surface area contributed by atoms with Crippen LogP contribution in [0.1, 0.15) is 22.3 Å². The molecule has 0 radical (unpaired) electrons. The van der Waals surface area contributed by atoms with E-state index < -0.39 is 29.9 Å². The molecule has 0 fully saturated rings. The Morgan fingerprint density at radius 1 is 1.21 bits per heavy atom. The third kappa shape index (κ3) is 5.90. The summed E-state index contributed by atoms with van der Waals surface area (Å²) in [6.07, 6.45) is -2.44. The molecule has 10 heteroatoms. The third-order valence-electron chi connectivity index (χ3n) is 3.83. The Bertz CT molecular complexity index is 914. The summed E-state index contributed by atoms with van der Waals surface area (Å²) in [4.78, 5) is 24.4. The summed E-state index contributed by atoms with van der Waals surface area (Å²) in [7, 11) is 1.12. The second-order valence-electron chi connectivity index (χ2n) is 5.92. The first kappa shape index (κ1) is 22.1. The molecule has 0 aliphatic heterocycles. The van der Waals surface area contributed by atoms with Crippen molar-refractivity contribution in [1.29, 1.82) is 0 Å². The van der Waals surface area contributed by atoms with Gasteiger partial charge in [0.1, 0.15) is 6.54 Å². The van der Waals surface area contributed by atoms with Crippen molar-refractivity contribution in [3.63, 3.8) is 0 Å². The Kier molecular flexibility index (Phi) is 7.37. The fourth-order valence-electron chi connectivity index (χ4n) is 2.53. The molecule has 0 spiro atoms. The monoisotopic (exact) mass is 436 g/mol. The van der Waals surface area contributed by atoms with Gasteiger partial charge in [-0.25, -0.2) is 0 Å². The van der Waals surface area contributed by atoms with Gasteiger partial charge in [-0.15, -0.1) is 0 Å². The molecule has 0 saturated carbocycles. The average Bonchev–Trinajstić information content (AvgIpc) is 2.62. The zero-order valence-electron chi connectivity index (χ0n) is 14.8. The fourth-order valence-corrected chi connectivity index (χ4v) is 2.85. The van der Waals surface area contributed by atoms with Crippen molar-refractivity contribution >= 4 is 29.1 Å². The highest BCUT2D eigenvalue weighted by Gasteiger charge is 2.29. The van der Waals surface area contributed by atoms with E-state index in [1.165, 1.54) is 0 Å². The van der Waals surface area contributed by atoms with Gasteiger partial charge in [0.25, 0.3) is 11.5 Å². The summed E-state index contributed by atoms with van der Waals surface area (Å²) >= 11 is 11.8. The molecule has 1 N–H and O–H groups in total. The van der Waals surface area contributed by atoms with Gasteiger partial charge in [0.2, 0.25) is 0 Å². The summed E-state index contributed by atoms with van der Waals surface area (Å²) in [5.74, 6) is -1.05. The maximum absolute atomic E-state index is 12.5. The maximum Gasteiger partial charge on any atom is 0.406 e. The lowest BCUT2D eigenvalue weighted by Crippen LogP contribution is -2.32. The van der Waals surface area contributed by atoms with Crippen molar-refractivity contribution < 1.29 is 22.7 Å². The van der Waals surface area contributed by atoms with Gasteiger partial charge in [-0.1, -0.05) is 29.3 Å². The number of ether oxygens (including phenoxy) is 1. The molecule has 1 aromatic heterocycles. The number of carbonyl (C=O) groups excluding carboxylic acids is 1. The Balaban J connectivity index is 2.00. The van der Waals surface area contributed by atoms with Crippen LogP contribution >= 0.6 is 23.2 Å². The highest BCUT2D eigenvalue weighted by atomic mass is 35.5. The molecule has 2 rings (SSSR count). The van der Waals surface area contributed by atoms with Crippen molar-refractivity contribution in [2.45, 2.75) is 25.6 Å². The van der Waals surface area contributed by atoms with E-state index in [1.807, 2.05) is 6.07 Å². The summed E-state index contributed by atoms with van der Waals surface area (Å²) < 4.78 is 42.8. The molecule has 28 heavy (non-hydrogen) atoms. The number of alkyl halides is 3. The van der Waals surface area contributed by atoms with Gasteiger partial charge in [-0.2, -0.15) is 13.2 Å². The van der Waals surface area contributed by atoms with Crippen LogP contribution in [-0.4, -0.2) is 30.3 Å².